The largest absolute Gasteiger partial charge is 0.379 e. The van der Waals surface area contributed by atoms with Gasteiger partial charge in [-0.05, 0) is 37.3 Å². The SMILES string of the molecule is CC(O)(c1ccccn1)c1cc(Br)ccc1NC(=O)CCl. The van der Waals surface area contributed by atoms with Gasteiger partial charge in [0.25, 0.3) is 0 Å². The third-order valence-corrected chi connectivity index (χ3v) is 3.80. The quantitative estimate of drug-likeness (QED) is 0.813. The van der Waals surface area contributed by atoms with Gasteiger partial charge in [-0.25, -0.2) is 0 Å². The lowest BCUT2D eigenvalue weighted by Gasteiger charge is -2.26. The summed E-state index contributed by atoms with van der Waals surface area (Å²) in [6, 6.07) is 10.5. The number of carbonyl (C=O) groups excluding carboxylic acids is 1. The molecule has 4 nitrogen and oxygen atoms in total. The molecule has 0 aliphatic rings. The van der Waals surface area contributed by atoms with Crippen LogP contribution in [0.2, 0.25) is 0 Å². The summed E-state index contributed by atoms with van der Waals surface area (Å²) < 4.78 is 0.789. The van der Waals surface area contributed by atoms with Crippen LogP contribution in [-0.4, -0.2) is 21.9 Å². The molecule has 0 spiro atoms. The summed E-state index contributed by atoms with van der Waals surface area (Å²) in [5.74, 6) is -0.488. The molecule has 1 unspecified atom stereocenters. The Balaban J connectivity index is 2.51. The number of aromatic nitrogens is 1. The Labute approximate surface area is 136 Å². The van der Waals surface area contributed by atoms with Crippen molar-refractivity contribution in [1.82, 2.24) is 4.98 Å². The van der Waals surface area contributed by atoms with Crippen LogP contribution < -0.4 is 5.32 Å². The average molecular weight is 370 g/mol. The molecule has 6 heteroatoms. The first kappa shape index (κ1) is 15.9. The molecule has 110 valence electrons. The molecule has 0 fully saturated rings. The van der Waals surface area contributed by atoms with E-state index < -0.39 is 5.60 Å². The molecule has 1 aromatic heterocycles. The van der Waals surface area contributed by atoms with E-state index in [1.807, 2.05) is 0 Å². The van der Waals surface area contributed by atoms with Gasteiger partial charge in [0, 0.05) is 21.9 Å². The van der Waals surface area contributed by atoms with Crippen LogP contribution in [0.25, 0.3) is 0 Å². The zero-order valence-electron chi connectivity index (χ0n) is 11.3. The van der Waals surface area contributed by atoms with Gasteiger partial charge in [0.2, 0.25) is 5.91 Å². The first-order valence-corrected chi connectivity index (χ1v) is 7.57. The van der Waals surface area contributed by atoms with Crippen molar-refractivity contribution in [2.75, 3.05) is 11.2 Å². The summed E-state index contributed by atoms with van der Waals surface area (Å²) in [4.78, 5) is 15.7. The minimum atomic E-state index is -1.35. The van der Waals surface area contributed by atoms with Gasteiger partial charge in [-0.3, -0.25) is 9.78 Å². The van der Waals surface area contributed by atoms with Gasteiger partial charge in [-0.15, -0.1) is 11.6 Å². The predicted molar refractivity (Wildman–Crippen MR) is 86.4 cm³/mol. The summed E-state index contributed by atoms with van der Waals surface area (Å²) in [5.41, 5.74) is 0.179. The van der Waals surface area contributed by atoms with E-state index in [0.717, 1.165) is 4.47 Å². The first-order chi connectivity index (χ1) is 9.95. The van der Waals surface area contributed by atoms with Crippen molar-refractivity contribution in [2.45, 2.75) is 12.5 Å². The number of benzene rings is 1. The van der Waals surface area contributed by atoms with Gasteiger partial charge in [-0.2, -0.15) is 0 Å². The van der Waals surface area contributed by atoms with Gasteiger partial charge < -0.3 is 10.4 Å². The number of nitrogens with zero attached hydrogens (tertiary/aromatic N) is 1. The molecular weight excluding hydrogens is 356 g/mol. The number of aliphatic hydroxyl groups is 1. The van der Waals surface area contributed by atoms with E-state index in [1.165, 1.54) is 0 Å². The highest BCUT2D eigenvalue weighted by atomic mass is 79.9. The molecule has 2 rings (SSSR count). The van der Waals surface area contributed by atoms with E-state index in [0.29, 0.717) is 16.9 Å². The number of pyridine rings is 1. The fourth-order valence-electron chi connectivity index (χ4n) is 2.00. The first-order valence-electron chi connectivity index (χ1n) is 6.25. The predicted octanol–water partition coefficient (Wildman–Crippen LogP) is 3.28. The number of carbonyl (C=O) groups is 1. The Morgan fingerprint density at radius 3 is 2.81 bits per heavy atom. The molecule has 0 aliphatic carbocycles. The second kappa shape index (κ2) is 6.56. The Kier molecular flexibility index (Phi) is 4.98. The van der Waals surface area contributed by atoms with Gasteiger partial charge in [0.05, 0.1) is 5.69 Å². The summed E-state index contributed by atoms with van der Waals surface area (Å²) in [6.45, 7) is 1.63. The van der Waals surface area contributed by atoms with Crippen molar-refractivity contribution in [3.05, 3.63) is 58.3 Å². The van der Waals surface area contributed by atoms with E-state index in [2.05, 4.69) is 26.2 Å². The molecular formula is C15H14BrClN2O2. The molecule has 1 heterocycles. The molecule has 2 N–H and O–H groups in total. The van der Waals surface area contributed by atoms with Crippen LogP contribution in [0.3, 0.4) is 0 Å². The number of halogens is 2. The Morgan fingerprint density at radius 1 is 1.43 bits per heavy atom. The van der Waals surface area contributed by atoms with Gasteiger partial charge >= 0.3 is 0 Å². The number of hydrogen-bond donors (Lipinski definition) is 2. The minimum absolute atomic E-state index is 0.152. The van der Waals surface area contributed by atoms with E-state index in [-0.39, 0.29) is 11.8 Å². The lowest BCUT2D eigenvalue weighted by atomic mass is 9.90. The summed E-state index contributed by atoms with van der Waals surface area (Å²) in [5, 5.41) is 13.6. The van der Waals surface area contributed by atoms with Crippen molar-refractivity contribution < 1.29 is 9.90 Å². The third-order valence-electron chi connectivity index (χ3n) is 3.07. The highest BCUT2D eigenvalue weighted by Crippen LogP contribution is 2.35. The summed E-state index contributed by atoms with van der Waals surface area (Å²) >= 11 is 8.89. The van der Waals surface area contributed by atoms with Crippen LogP contribution in [0, 0.1) is 0 Å². The maximum absolute atomic E-state index is 11.5. The fraction of sp³-hybridized carbons (Fsp3) is 0.200. The molecule has 0 aliphatic heterocycles. The number of nitrogens with one attached hydrogen (secondary N) is 1. The van der Waals surface area contributed by atoms with Crippen molar-refractivity contribution in [3.8, 4) is 0 Å². The van der Waals surface area contributed by atoms with Crippen molar-refractivity contribution in [3.63, 3.8) is 0 Å². The fourth-order valence-corrected chi connectivity index (χ4v) is 2.43. The lowest BCUT2D eigenvalue weighted by Crippen LogP contribution is -2.27. The van der Waals surface area contributed by atoms with Crippen LogP contribution in [0.4, 0.5) is 5.69 Å². The van der Waals surface area contributed by atoms with Gasteiger partial charge in [0.1, 0.15) is 11.5 Å². The number of rotatable bonds is 4. The van der Waals surface area contributed by atoms with Crippen LogP contribution in [0.1, 0.15) is 18.2 Å². The third kappa shape index (κ3) is 3.61. The number of hydrogen-bond acceptors (Lipinski definition) is 3. The molecule has 0 radical (unpaired) electrons. The molecule has 1 aromatic carbocycles. The smallest absolute Gasteiger partial charge is 0.239 e. The second-order valence-electron chi connectivity index (χ2n) is 4.66. The lowest BCUT2D eigenvalue weighted by molar-refractivity contribution is -0.113. The maximum Gasteiger partial charge on any atom is 0.239 e. The van der Waals surface area contributed by atoms with Crippen LogP contribution in [-0.2, 0) is 10.4 Å². The van der Waals surface area contributed by atoms with Crippen molar-refractivity contribution in [1.29, 1.82) is 0 Å². The molecule has 0 saturated heterocycles. The Morgan fingerprint density at radius 2 is 2.19 bits per heavy atom. The maximum atomic E-state index is 11.5. The van der Waals surface area contributed by atoms with E-state index >= 15 is 0 Å². The van der Waals surface area contributed by atoms with Gasteiger partial charge in [0.15, 0.2) is 0 Å². The zero-order chi connectivity index (χ0) is 15.5. The highest BCUT2D eigenvalue weighted by Gasteiger charge is 2.30. The summed E-state index contributed by atoms with van der Waals surface area (Å²) in [6.07, 6.45) is 1.61. The molecule has 0 saturated carbocycles. The Bertz CT molecular complexity index is 647. The number of anilines is 1. The molecule has 0 bridgehead atoms. The minimum Gasteiger partial charge on any atom is -0.379 e. The average Bonchev–Trinajstić information content (AvgIpc) is 2.49. The van der Waals surface area contributed by atoms with E-state index in [1.54, 1.807) is 49.5 Å². The summed E-state index contributed by atoms with van der Waals surface area (Å²) in [7, 11) is 0. The molecule has 1 atom stereocenters. The highest BCUT2D eigenvalue weighted by molar-refractivity contribution is 9.10. The standard InChI is InChI=1S/C15H14BrClN2O2/c1-15(21,13-4-2-3-7-18-13)11-8-10(16)5-6-12(11)19-14(20)9-17/h2-8,21H,9H2,1H3,(H,19,20). The van der Waals surface area contributed by atoms with Crippen LogP contribution in [0.15, 0.2) is 47.1 Å². The monoisotopic (exact) mass is 368 g/mol. The van der Waals surface area contributed by atoms with Gasteiger partial charge in [-0.1, -0.05) is 22.0 Å². The zero-order valence-corrected chi connectivity index (χ0v) is 13.6. The topological polar surface area (TPSA) is 62.2 Å². The Hall–Kier alpha value is -1.43. The second-order valence-corrected chi connectivity index (χ2v) is 5.84. The molecule has 1 amide bonds. The van der Waals surface area contributed by atoms with Crippen molar-refractivity contribution >= 4 is 39.1 Å². The van der Waals surface area contributed by atoms with Crippen molar-refractivity contribution in [2.24, 2.45) is 0 Å². The van der Waals surface area contributed by atoms with Crippen LogP contribution >= 0.6 is 27.5 Å². The van der Waals surface area contributed by atoms with Crippen LogP contribution in [0.5, 0.6) is 0 Å². The molecule has 21 heavy (non-hydrogen) atoms. The number of amides is 1. The van der Waals surface area contributed by atoms with E-state index in [4.69, 9.17) is 11.6 Å². The normalized spacial score (nSPS) is 13.5. The molecule has 2 aromatic rings. The number of alkyl halides is 1. The van der Waals surface area contributed by atoms with E-state index in [9.17, 15) is 9.90 Å².